The molecule has 10 nitrogen and oxygen atoms in total. The van der Waals surface area contributed by atoms with Crippen LogP contribution in [-0.4, -0.2) is 78.5 Å². The van der Waals surface area contributed by atoms with Crippen molar-refractivity contribution in [2.24, 2.45) is 11.8 Å². The fraction of sp³-hybridized carbons (Fsp3) is 0.423. The van der Waals surface area contributed by atoms with Gasteiger partial charge in [0.15, 0.2) is 0 Å². The van der Waals surface area contributed by atoms with E-state index in [4.69, 9.17) is 19.7 Å². The first kappa shape index (κ1) is 23.9. The maximum Gasteiger partial charge on any atom is 0.407 e. The van der Waals surface area contributed by atoms with Crippen LogP contribution in [0.1, 0.15) is 44.7 Å². The molecule has 2 heterocycles. The number of hydrogen-bond acceptors (Lipinski definition) is 6. The molecular weight excluding hydrogens is 466 g/mol. The summed E-state index contributed by atoms with van der Waals surface area (Å²) in [5, 5.41) is 23.9. The third-order valence-electron chi connectivity index (χ3n) is 7.30. The monoisotopic (exact) mass is 495 g/mol. The summed E-state index contributed by atoms with van der Waals surface area (Å²) in [6.45, 7) is 2.83. The molecule has 4 atom stereocenters. The van der Waals surface area contributed by atoms with Gasteiger partial charge in [-0.1, -0.05) is 12.1 Å². The molecule has 4 N–H and O–H groups in total. The summed E-state index contributed by atoms with van der Waals surface area (Å²) in [5.74, 6) is 0.407. The maximum absolute atomic E-state index is 13.2. The summed E-state index contributed by atoms with van der Waals surface area (Å²) in [4.78, 5) is 38.5. The zero-order valence-electron chi connectivity index (χ0n) is 20.1. The minimum atomic E-state index is -0.938. The van der Waals surface area contributed by atoms with Gasteiger partial charge in [0.25, 0.3) is 11.8 Å². The molecule has 0 aromatic heterocycles. The molecule has 2 aromatic carbocycles. The van der Waals surface area contributed by atoms with Crippen LogP contribution in [0.15, 0.2) is 36.4 Å². The highest BCUT2D eigenvalue weighted by molar-refractivity contribution is 6.02. The Labute approximate surface area is 208 Å². The first-order valence-corrected chi connectivity index (χ1v) is 12.0. The van der Waals surface area contributed by atoms with Gasteiger partial charge in [-0.25, -0.2) is 4.79 Å². The largest absolute Gasteiger partial charge is 0.491 e. The fourth-order valence-corrected chi connectivity index (χ4v) is 5.50. The van der Waals surface area contributed by atoms with E-state index in [-0.39, 0.29) is 60.5 Å². The van der Waals surface area contributed by atoms with E-state index >= 15 is 0 Å². The first-order valence-electron chi connectivity index (χ1n) is 12.0. The number of nitrogens with one attached hydrogen (secondary N) is 2. The van der Waals surface area contributed by atoms with E-state index in [1.165, 1.54) is 11.9 Å². The summed E-state index contributed by atoms with van der Waals surface area (Å²) in [6, 6.07) is 10.7. The van der Waals surface area contributed by atoms with Gasteiger partial charge in [-0.15, -0.1) is 0 Å². The number of carbonyl (C=O) groups excluding carboxylic acids is 2. The molecule has 190 valence electrons. The average molecular weight is 496 g/mol. The summed E-state index contributed by atoms with van der Waals surface area (Å²) in [6.07, 6.45) is -1.23. The number of aliphatic hydroxyl groups excluding tert-OH is 1. The molecule has 2 aromatic rings. The smallest absolute Gasteiger partial charge is 0.407 e. The van der Waals surface area contributed by atoms with Crippen molar-refractivity contribution in [2.45, 2.75) is 25.0 Å². The molecule has 0 radical (unpaired) electrons. The third kappa shape index (κ3) is 4.21. The minimum absolute atomic E-state index is 0.0730. The van der Waals surface area contributed by atoms with Gasteiger partial charge < -0.3 is 35.2 Å². The molecule has 36 heavy (non-hydrogen) atoms. The third-order valence-corrected chi connectivity index (χ3v) is 7.30. The maximum atomic E-state index is 13.2. The van der Waals surface area contributed by atoms with Crippen molar-refractivity contribution >= 4 is 17.9 Å². The van der Waals surface area contributed by atoms with Crippen LogP contribution in [0, 0.1) is 11.8 Å². The van der Waals surface area contributed by atoms with Crippen LogP contribution in [0.5, 0.6) is 11.5 Å². The lowest BCUT2D eigenvalue weighted by atomic mass is 9.86. The number of fused-ring (bicyclic) bond motifs is 2. The molecule has 1 saturated heterocycles. The topological polar surface area (TPSA) is 137 Å². The highest BCUT2D eigenvalue weighted by atomic mass is 16.5. The van der Waals surface area contributed by atoms with Crippen LogP contribution in [0.25, 0.3) is 0 Å². The summed E-state index contributed by atoms with van der Waals surface area (Å²) < 4.78 is 11.7. The van der Waals surface area contributed by atoms with Crippen molar-refractivity contribution in [2.75, 3.05) is 33.4 Å². The fourth-order valence-electron chi connectivity index (χ4n) is 5.50. The Morgan fingerprint density at radius 3 is 2.56 bits per heavy atom. The number of nitrogens with zero attached hydrogens (tertiary/aromatic N) is 1. The quantitative estimate of drug-likeness (QED) is 0.459. The number of benzene rings is 2. The second-order valence-corrected chi connectivity index (χ2v) is 9.48. The van der Waals surface area contributed by atoms with Crippen LogP contribution in [-0.2, 0) is 0 Å². The van der Waals surface area contributed by atoms with Gasteiger partial charge in [0.05, 0.1) is 12.2 Å². The Balaban J connectivity index is 1.44. The first-order chi connectivity index (χ1) is 17.3. The normalized spacial score (nSPS) is 25.4. The van der Waals surface area contributed by atoms with Crippen molar-refractivity contribution in [3.8, 4) is 11.5 Å². The number of rotatable bonds is 7. The predicted octanol–water partition coefficient (Wildman–Crippen LogP) is 1.67. The van der Waals surface area contributed by atoms with Crippen LogP contribution in [0.4, 0.5) is 4.79 Å². The van der Waals surface area contributed by atoms with Crippen molar-refractivity contribution in [1.29, 1.82) is 0 Å². The molecule has 4 unspecified atom stereocenters. The SMILES string of the molecule is CNC(=O)c1cc(C(=O)NC2C3CN(C(=O)O)CC32)cc2c1OC(C)C2c1cccc(OCCO)c1. The second-order valence-electron chi connectivity index (χ2n) is 9.48. The van der Waals surface area contributed by atoms with Crippen molar-refractivity contribution in [3.63, 3.8) is 0 Å². The lowest BCUT2D eigenvalue weighted by molar-refractivity contribution is 0.0943. The highest BCUT2D eigenvalue weighted by Crippen LogP contribution is 2.47. The number of piperidine rings is 1. The van der Waals surface area contributed by atoms with Crippen molar-refractivity contribution in [3.05, 3.63) is 58.7 Å². The van der Waals surface area contributed by atoms with E-state index in [1.54, 1.807) is 18.2 Å². The molecule has 1 saturated carbocycles. The zero-order valence-corrected chi connectivity index (χ0v) is 20.1. The van der Waals surface area contributed by atoms with Gasteiger partial charge in [0, 0.05) is 55.1 Å². The molecule has 10 heteroatoms. The van der Waals surface area contributed by atoms with Crippen molar-refractivity contribution < 1.29 is 34.1 Å². The van der Waals surface area contributed by atoms with Crippen LogP contribution in [0.3, 0.4) is 0 Å². The number of ether oxygens (including phenoxy) is 2. The van der Waals surface area contributed by atoms with Crippen LogP contribution in [0.2, 0.25) is 0 Å². The molecule has 2 aliphatic heterocycles. The Kier molecular flexibility index (Phi) is 6.21. The molecule has 0 spiro atoms. The number of amides is 3. The minimum Gasteiger partial charge on any atom is -0.491 e. The Hall–Kier alpha value is -3.79. The Bertz CT molecular complexity index is 1200. The number of likely N-dealkylation sites (tertiary alicyclic amines) is 1. The number of carboxylic acid groups (broad SMARTS) is 1. The predicted molar refractivity (Wildman–Crippen MR) is 129 cm³/mol. The standard InChI is InChI=1S/C26H29N3O7/c1-13-21(14-4-3-5-16(8-14)35-7-6-30)17-9-15(10-18(23(17)36-13)25(32)27-2)24(31)28-22-19-11-29(26(33)34)12-20(19)22/h3-5,8-10,13,19-22,30H,6-7,11-12H2,1-2H3,(H,27,32)(H,28,31)(H,33,34). The molecule has 0 bridgehead atoms. The molecule has 2 fully saturated rings. The molecule has 5 rings (SSSR count). The number of aliphatic hydroxyl groups is 1. The lowest BCUT2D eigenvalue weighted by Crippen LogP contribution is -2.36. The summed E-state index contributed by atoms with van der Waals surface area (Å²) >= 11 is 0. The van der Waals surface area contributed by atoms with E-state index in [0.29, 0.717) is 30.2 Å². The van der Waals surface area contributed by atoms with Crippen LogP contribution < -0.4 is 20.1 Å². The lowest BCUT2D eigenvalue weighted by Gasteiger charge is -2.18. The van der Waals surface area contributed by atoms with Gasteiger partial charge in [0.2, 0.25) is 0 Å². The van der Waals surface area contributed by atoms with Gasteiger partial charge in [0.1, 0.15) is 24.2 Å². The highest BCUT2D eigenvalue weighted by Gasteiger charge is 2.57. The van der Waals surface area contributed by atoms with Gasteiger partial charge >= 0.3 is 6.09 Å². The van der Waals surface area contributed by atoms with Gasteiger partial charge in [-0.2, -0.15) is 0 Å². The second kappa shape index (κ2) is 9.34. The molecule has 3 amide bonds. The Morgan fingerprint density at radius 1 is 1.14 bits per heavy atom. The van der Waals surface area contributed by atoms with Gasteiger partial charge in [-0.05, 0) is 36.8 Å². The summed E-state index contributed by atoms with van der Waals surface area (Å²) in [7, 11) is 1.53. The van der Waals surface area contributed by atoms with E-state index in [9.17, 15) is 14.4 Å². The molecule has 1 aliphatic carbocycles. The molecule has 3 aliphatic rings. The summed E-state index contributed by atoms with van der Waals surface area (Å²) in [5.41, 5.74) is 2.28. The molecular formula is C26H29N3O7. The van der Waals surface area contributed by atoms with E-state index in [0.717, 1.165) is 11.1 Å². The zero-order chi connectivity index (χ0) is 25.6. The Morgan fingerprint density at radius 2 is 1.89 bits per heavy atom. The van der Waals surface area contributed by atoms with Crippen LogP contribution >= 0.6 is 0 Å². The van der Waals surface area contributed by atoms with E-state index < -0.39 is 6.09 Å². The number of hydrogen-bond donors (Lipinski definition) is 4. The average Bonchev–Trinajstić information content (AvgIpc) is 3.19. The van der Waals surface area contributed by atoms with Gasteiger partial charge in [-0.3, -0.25) is 9.59 Å². The van der Waals surface area contributed by atoms with E-state index in [1.807, 2.05) is 25.1 Å². The van der Waals surface area contributed by atoms with Crippen molar-refractivity contribution in [1.82, 2.24) is 15.5 Å². The van der Waals surface area contributed by atoms with E-state index in [2.05, 4.69) is 10.6 Å². The number of carbonyl (C=O) groups is 3.